The van der Waals surface area contributed by atoms with Gasteiger partial charge in [-0.2, -0.15) is 0 Å². The molecule has 1 fully saturated rings. The summed E-state index contributed by atoms with van der Waals surface area (Å²) in [4.78, 5) is 4.96. The minimum atomic E-state index is 0.694. The van der Waals surface area contributed by atoms with Crippen molar-refractivity contribution in [1.29, 1.82) is 0 Å². The van der Waals surface area contributed by atoms with E-state index in [0.717, 1.165) is 12.5 Å². The highest BCUT2D eigenvalue weighted by Crippen LogP contribution is 2.15. The first-order valence-electron chi connectivity index (χ1n) is 7.66. The molecule has 1 aliphatic heterocycles. The molecule has 0 aromatic rings. The van der Waals surface area contributed by atoms with Crippen LogP contribution in [0.4, 0.5) is 0 Å². The molecule has 3 heteroatoms. The van der Waals surface area contributed by atoms with E-state index in [9.17, 15) is 0 Å². The molecule has 0 spiro atoms. The van der Waals surface area contributed by atoms with E-state index in [2.05, 4.69) is 50.0 Å². The molecule has 18 heavy (non-hydrogen) atoms. The van der Waals surface area contributed by atoms with Crippen molar-refractivity contribution < 1.29 is 0 Å². The summed E-state index contributed by atoms with van der Waals surface area (Å²) in [6.07, 6.45) is 3.92. The molecule has 1 N–H and O–H groups in total. The lowest BCUT2D eigenvalue weighted by Gasteiger charge is -2.41. The normalized spacial score (nSPS) is 27.7. The molecule has 1 saturated heterocycles. The van der Waals surface area contributed by atoms with Crippen molar-refractivity contribution in [3.63, 3.8) is 0 Å². The zero-order valence-electron chi connectivity index (χ0n) is 13.1. The predicted molar refractivity (Wildman–Crippen MR) is 80.1 cm³/mol. The average Bonchev–Trinajstić information content (AvgIpc) is 2.35. The van der Waals surface area contributed by atoms with Crippen LogP contribution < -0.4 is 5.32 Å². The second-order valence-corrected chi connectivity index (χ2v) is 6.25. The van der Waals surface area contributed by atoms with Crippen molar-refractivity contribution in [3.05, 3.63) is 0 Å². The standard InChI is InChI=1S/C15H33N3/c1-6-13(2)15-12-18(14(3)11-16-15)10-8-7-9-17(4)5/h13-16H,6-12H2,1-5H3. The van der Waals surface area contributed by atoms with Gasteiger partial charge in [-0.05, 0) is 52.9 Å². The van der Waals surface area contributed by atoms with Crippen LogP contribution in [0.2, 0.25) is 0 Å². The van der Waals surface area contributed by atoms with Gasteiger partial charge in [-0.15, -0.1) is 0 Å². The van der Waals surface area contributed by atoms with Gasteiger partial charge >= 0.3 is 0 Å². The molecule has 0 radical (unpaired) electrons. The van der Waals surface area contributed by atoms with Gasteiger partial charge in [0.2, 0.25) is 0 Å². The van der Waals surface area contributed by atoms with Crippen molar-refractivity contribution in [3.8, 4) is 0 Å². The maximum Gasteiger partial charge on any atom is 0.0221 e. The number of rotatable bonds is 7. The average molecular weight is 255 g/mol. The molecule has 3 nitrogen and oxygen atoms in total. The van der Waals surface area contributed by atoms with Crippen LogP contribution in [-0.4, -0.2) is 62.2 Å². The number of piperazine rings is 1. The van der Waals surface area contributed by atoms with Crippen LogP contribution in [0, 0.1) is 5.92 Å². The molecule has 3 unspecified atom stereocenters. The topological polar surface area (TPSA) is 18.5 Å². The molecular formula is C15H33N3. The van der Waals surface area contributed by atoms with Crippen molar-refractivity contribution >= 4 is 0 Å². The molecule has 3 atom stereocenters. The Labute approximate surface area is 114 Å². The van der Waals surface area contributed by atoms with Crippen molar-refractivity contribution in [2.24, 2.45) is 5.92 Å². The monoisotopic (exact) mass is 255 g/mol. The molecule has 0 amide bonds. The summed E-state index contributed by atoms with van der Waals surface area (Å²) >= 11 is 0. The van der Waals surface area contributed by atoms with Gasteiger partial charge in [-0.1, -0.05) is 20.3 Å². The lowest BCUT2D eigenvalue weighted by atomic mass is 9.95. The Kier molecular flexibility index (Phi) is 7.20. The number of nitrogens with one attached hydrogen (secondary N) is 1. The largest absolute Gasteiger partial charge is 0.311 e. The Morgan fingerprint density at radius 1 is 1.33 bits per heavy atom. The van der Waals surface area contributed by atoms with Crippen LogP contribution in [-0.2, 0) is 0 Å². The van der Waals surface area contributed by atoms with Crippen LogP contribution in [0.5, 0.6) is 0 Å². The van der Waals surface area contributed by atoms with Crippen LogP contribution in [0.15, 0.2) is 0 Å². The fourth-order valence-corrected chi connectivity index (χ4v) is 2.67. The summed E-state index contributed by atoms with van der Waals surface area (Å²) < 4.78 is 0. The molecule has 0 aromatic heterocycles. The zero-order chi connectivity index (χ0) is 13.5. The van der Waals surface area contributed by atoms with Crippen molar-refractivity contribution in [1.82, 2.24) is 15.1 Å². The number of hydrogen-bond acceptors (Lipinski definition) is 3. The molecule has 108 valence electrons. The van der Waals surface area contributed by atoms with E-state index < -0.39 is 0 Å². The van der Waals surface area contributed by atoms with Gasteiger partial charge in [0.05, 0.1) is 0 Å². The molecular weight excluding hydrogens is 222 g/mol. The Morgan fingerprint density at radius 2 is 2.06 bits per heavy atom. The van der Waals surface area contributed by atoms with Crippen LogP contribution in [0.25, 0.3) is 0 Å². The summed E-state index contributed by atoms with van der Waals surface area (Å²) in [5, 5.41) is 3.71. The van der Waals surface area contributed by atoms with Crippen molar-refractivity contribution in [2.45, 2.75) is 52.1 Å². The van der Waals surface area contributed by atoms with E-state index in [0.29, 0.717) is 12.1 Å². The molecule has 1 aliphatic rings. The van der Waals surface area contributed by atoms with Gasteiger partial charge in [-0.25, -0.2) is 0 Å². The molecule has 1 heterocycles. The van der Waals surface area contributed by atoms with Gasteiger partial charge in [0, 0.05) is 25.2 Å². The van der Waals surface area contributed by atoms with Gasteiger partial charge in [-0.3, -0.25) is 4.90 Å². The summed E-state index contributed by atoms with van der Waals surface area (Å²) in [6, 6.07) is 1.39. The number of unbranched alkanes of at least 4 members (excludes halogenated alkanes) is 1. The third-order valence-corrected chi connectivity index (χ3v) is 4.36. The first kappa shape index (κ1) is 15.9. The Balaban J connectivity index is 2.29. The van der Waals surface area contributed by atoms with Gasteiger partial charge in [0.15, 0.2) is 0 Å². The third-order valence-electron chi connectivity index (χ3n) is 4.36. The minimum Gasteiger partial charge on any atom is -0.311 e. The highest BCUT2D eigenvalue weighted by molar-refractivity contribution is 4.86. The molecule has 0 bridgehead atoms. The summed E-state index contributed by atoms with van der Waals surface area (Å²) in [5.41, 5.74) is 0. The molecule has 0 aliphatic carbocycles. The lowest BCUT2D eigenvalue weighted by Crippen LogP contribution is -2.57. The minimum absolute atomic E-state index is 0.694. The number of nitrogens with zero attached hydrogens (tertiary/aromatic N) is 2. The third kappa shape index (κ3) is 5.25. The quantitative estimate of drug-likeness (QED) is 0.702. The smallest absolute Gasteiger partial charge is 0.0221 e. The maximum atomic E-state index is 3.71. The lowest BCUT2D eigenvalue weighted by molar-refractivity contribution is 0.116. The SMILES string of the molecule is CCC(C)C1CN(CCCCN(C)C)C(C)CN1. The van der Waals surface area contributed by atoms with Crippen molar-refractivity contribution in [2.75, 3.05) is 40.3 Å². The predicted octanol–water partition coefficient (Wildman–Crippen LogP) is 2.04. The highest BCUT2D eigenvalue weighted by atomic mass is 15.2. The number of hydrogen-bond donors (Lipinski definition) is 1. The van der Waals surface area contributed by atoms with E-state index in [4.69, 9.17) is 0 Å². The summed E-state index contributed by atoms with van der Waals surface area (Å²) in [6.45, 7) is 11.9. The summed E-state index contributed by atoms with van der Waals surface area (Å²) in [5.74, 6) is 0.793. The Bertz CT molecular complexity index is 218. The maximum absolute atomic E-state index is 3.71. The molecule has 1 rings (SSSR count). The second-order valence-electron chi connectivity index (χ2n) is 6.25. The Hall–Kier alpha value is -0.120. The second kappa shape index (κ2) is 8.13. The van der Waals surface area contributed by atoms with Crippen LogP contribution in [0.3, 0.4) is 0 Å². The van der Waals surface area contributed by atoms with E-state index in [1.165, 1.54) is 38.9 Å². The molecule has 0 aromatic carbocycles. The van der Waals surface area contributed by atoms with Crippen LogP contribution in [0.1, 0.15) is 40.0 Å². The van der Waals surface area contributed by atoms with Gasteiger partial charge < -0.3 is 10.2 Å². The van der Waals surface area contributed by atoms with Gasteiger partial charge in [0.25, 0.3) is 0 Å². The van der Waals surface area contributed by atoms with Gasteiger partial charge in [0.1, 0.15) is 0 Å². The first-order chi connectivity index (χ1) is 8.54. The highest BCUT2D eigenvalue weighted by Gasteiger charge is 2.26. The van der Waals surface area contributed by atoms with Crippen LogP contribution >= 0.6 is 0 Å². The van der Waals surface area contributed by atoms with E-state index in [-0.39, 0.29) is 0 Å². The Morgan fingerprint density at radius 3 is 2.67 bits per heavy atom. The molecule has 0 saturated carbocycles. The first-order valence-corrected chi connectivity index (χ1v) is 7.66. The summed E-state index contributed by atoms with van der Waals surface area (Å²) in [7, 11) is 4.32. The fraction of sp³-hybridized carbons (Fsp3) is 1.00. The van der Waals surface area contributed by atoms with E-state index in [1.807, 2.05) is 0 Å². The van der Waals surface area contributed by atoms with E-state index >= 15 is 0 Å². The zero-order valence-corrected chi connectivity index (χ0v) is 13.1. The van der Waals surface area contributed by atoms with E-state index in [1.54, 1.807) is 0 Å². The fourth-order valence-electron chi connectivity index (χ4n) is 2.67.